The van der Waals surface area contributed by atoms with Gasteiger partial charge in [-0.3, -0.25) is 4.79 Å². The average molecular weight is 412 g/mol. The second kappa shape index (κ2) is 9.86. The zero-order valence-electron chi connectivity index (χ0n) is 18.6. The number of morpholine rings is 1. The fourth-order valence-electron chi connectivity index (χ4n) is 5.11. The van der Waals surface area contributed by atoms with Crippen molar-refractivity contribution in [1.82, 2.24) is 4.57 Å². The Morgan fingerprint density at radius 2 is 1.90 bits per heavy atom. The molecule has 0 bridgehead atoms. The van der Waals surface area contributed by atoms with Crippen LogP contribution < -0.4 is 15.8 Å². The molecular weight excluding hydrogens is 374 g/mol. The van der Waals surface area contributed by atoms with E-state index < -0.39 is 0 Å². The van der Waals surface area contributed by atoms with Crippen LogP contribution in [0, 0.1) is 17.8 Å². The molecule has 30 heavy (non-hydrogen) atoms. The quantitative estimate of drug-likeness (QED) is 0.752. The molecule has 0 aromatic carbocycles. The normalized spacial score (nSPS) is 26.9. The van der Waals surface area contributed by atoms with Gasteiger partial charge in [-0.1, -0.05) is 38.2 Å². The van der Waals surface area contributed by atoms with Crippen LogP contribution in [0.1, 0.15) is 46.0 Å². The smallest absolute Gasteiger partial charge is 0.274 e. The van der Waals surface area contributed by atoms with Gasteiger partial charge in [0.1, 0.15) is 5.69 Å². The summed E-state index contributed by atoms with van der Waals surface area (Å²) in [6, 6.07) is 2.47. The summed E-state index contributed by atoms with van der Waals surface area (Å²) < 4.78 is 7.42. The van der Waals surface area contributed by atoms with E-state index in [1.54, 1.807) is 0 Å². The molecule has 2 heterocycles. The molecule has 2 fully saturated rings. The standard InChI is InChI=1S/C25H37N3O2/c1-19(2)17-28-18-23(27-12-14-30-15-13-27)16-24(25(28)29)26-22-10-8-21(9-11-22)20-6-4-3-5-7-20/h3-6,16,18-22,26H,7-15,17H2,1-2H3. The molecule has 1 aliphatic heterocycles. The summed E-state index contributed by atoms with van der Waals surface area (Å²) in [5, 5.41) is 3.64. The first-order valence-electron chi connectivity index (χ1n) is 11.8. The van der Waals surface area contributed by atoms with Crippen LogP contribution >= 0.6 is 0 Å². The highest BCUT2D eigenvalue weighted by Crippen LogP contribution is 2.35. The predicted molar refractivity (Wildman–Crippen MR) is 124 cm³/mol. The van der Waals surface area contributed by atoms with Gasteiger partial charge in [0.05, 0.1) is 18.9 Å². The van der Waals surface area contributed by atoms with Gasteiger partial charge in [-0.2, -0.15) is 0 Å². The first kappa shape index (κ1) is 21.2. The highest BCUT2D eigenvalue weighted by Gasteiger charge is 2.27. The first-order valence-corrected chi connectivity index (χ1v) is 11.8. The van der Waals surface area contributed by atoms with Crippen molar-refractivity contribution in [3.8, 4) is 0 Å². The maximum Gasteiger partial charge on any atom is 0.274 e. The van der Waals surface area contributed by atoms with E-state index >= 15 is 0 Å². The van der Waals surface area contributed by atoms with Gasteiger partial charge in [0.2, 0.25) is 0 Å². The molecular formula is C25H37N3O2. The molecule has 1 saturated carbocycles. The first-order chi connectivity index (χ1) is 14.6. The van der Waals surface area contributed by atoms with Gasteiger partial charge in [0.15, 0.2) is 0 Å². The molecule has 1 N–H and O–H groups in total. The Balaban J connectivity index is 1.46. The van der Waals surface area contributed by atoms with Crippen LogP contribution in [-0.2, 0) is 11.3 Å². The van der Waals surface area contributed by atoms with E-state index in [4.69, 9.17) is 4.74 Å². The maximum absolute atomic E-state index is 13.2. The number of ether oxygens (including phenoxy) is 1. The second-order valence-corrected chi connectivity index (χ2v) is 9.53. The molecule has 0 amide bonds. The Morgan fingerprint density at radius 1 is 1.13 bits per heavy atom. The van der Waals surface area contributed by atoms with E-state index in [1.165, 1.54) is 19.3 Å². The fourth-order valence-corrected chi connectivity index (χ4v) is 5.11. The molecule has 1 saturated heterocycles. The van der Waals surface area contributed by atoms with Crippen LogP contribution in [-0.4, -0.2) is 36.9 Å². The SMILES string of the molecule is CC(C)Cn1cc(N2CCOCC2)cc(NC2CCC(C3C=CC=CC3)CC2)c1=O. The number of rotatable bonds is 6. The Bertz CT molecular complexity index is 812. The summed E-state index contributed by atoms with van der Waals surface area (Å²) in [5.74, 6) is 1.91. The van der Waals surface area contributed by atoms with Crippen molar-refractivity contribution >= 4 is 11.4 Å². The molecule has 1 aromatic rings. The molecule has 5 heteroatoms. The van der Waals surface area contributed by atoms with Gasteiger partial charge in [-0.15, -0.1) is 0 Å². The molecule has 2 aliphatic carbocycles. The molecule has 3 aliphatic rings. The molecule has 5 nitrogen and oxygen atoms in total. The number of pyridine rings is 1. The van der Waals surface area contributed by atoms with Gasteiger partial charge >= 0.3 is 0 Å². The number of hydrogen-bond donors (Lipinski definition) is 1. The second-order valence-electron chi connectivity index (χ2n) is 9.53. The van der Waals surface area contributed by atoms with E-state index in [9.17, 15) is 4.79 Å². The van der Waals surface area contributed by atoms with Crippen LogP contribution in [0.3, 0.4) is 0 Å². The molecule has 4 rings (SSSR count). The Labute approximate surface area is 180 Å². The van der Waals surface area contributed by atoms with Crippen LogP contribution in [0.15, 0.2) is 41.4 Å². The van der Waals surface area contributed by atoms with Crippen LogP contribution in [0.2, 0.25) is 0 Å². The number of aromatic nitrogens is 1. The summed E-state index contributed by atoms with van der Waals surface area (Å²) in [4.78, 5) is 15.5. The number of hydrogen-bond acceptors (Lipinski definition) is 4. The van der Waals surface area contributed by atoms with Crippen molar-refractivity contribution in [2.24, 2.45) is 17.8 Å². The van der Waals surface area contributed by atoms with Crippen molar-refractivity contribution in [1.29, 1.82) is 0 Å². The Morgan fingerprint density at radius 3 is 2.57 bits per heavy atom. The number of nitrogens with one attached hydrogen (secondary N) is 1. The lowest BCUT2D eigenvalue weighted by Crippen LogP contribution is -2.38. The van der Waals surface area contributed by atoms with Gasteiger partial charge in [-0.05, 0) is 55.9 Å². The highest BCUT2D eigenvalue weighted by molar-refractivity contribution is 5.56. The van der Waals surface area contributed by atoms with Gasteiger partial charge in [0.25, 0.3) is 5.56 Å². The molecule has 1 unspecified atom stereocenters. The van der Waals surface area contributed by atoms with E-state index in [2.05, 4.69) is 54.4 Å². The monoisotopic (exact) mass is 411 g/mol. The summed E-state index contributed by atoms with van der Waals surface area (Å²) in [6.07, 6.45) is 17.0. The lowest BCUT2D eigenvalue weighted by atomic mass is 9.76. The molecule has 1 atom stereocenters. The minimum absolute atomic E-state index is 0.114. The molecule has 1 aromatic heterocycles. The van der Waals surface area contributed by atoms with Crippen molar-refractivity contribution in [3.05, 3.63) is 46.9 Å². The van der Waals surface area contributed by atoms with E-state index in [0.717, 1.165) is 63.0 Å². The summed E-state index contributed by atoms with van der Waals surface area (Å²) in [7, 11) is 0. The zero-order valence-corrected chi connectivity index (χ0v) is 18.6. The average Bonchev–Trinajstić information content (AvgIpc) is 2.78. The van der Waals surface area contributed by atoms with E-state index in [1.807, 2.05) is 10.8 Å². The number of allylic oxidation sites excluding steroid dienone is 4. The zero-order chi connectivity index (χ0) is 20.9. The fraction of sp³-hybridized carbons (Fsp3) is 0.640. The third-order valence-corrected chi connectivity index (χ3v) is 6.76. The highest BCUT2D eigenvalue weighted by atomic mass is 16.5. The lowest BCUT2D eigenvalue weighted by Gasteiger charge is -2.34. The summed E-state index contributed by atoms with van der Waals surface area (Å²) in [5.41, 5.74) is 2.01. The predicted octanol–water partition coefficient (Wildman–Crippen LogP) is 4.44. The van der Waals surface area contributed by atoms with E-state index in [-0.39, 0.29) is 5.56 Å². The van der Waals surface area contributed by atoms with Crippen molar-refractivity contribution in [2.75, 3.05) is 36.5 Å². The maximum atomic E-state index is 13.2. The Hall–Kier alpha value is -2.01. The Kier molecular flexibility index (Phi) is 6.98. The summed E-state index contributed by atoms with van der Waals surface area (Å²) >= 11 is 0. The van der Waals surface area contributed by atoms with E-state index in [0.29, 0.717) is 17.9 Å². The third kappa shape index (κ3) is 5.18. The van der Waals surface area contributed by atoms with Crippen LogP contribution in [0.25, 0.3) is 0 Å². The van der Waals surface area contributed by atoms with Gasteiger partial charge in [0, 0.05) is 31.9 Å². The van der Waals surface area contributed by atoms with Crippen molar-refractivity contribution in [3.63, 3.8) is 0 Å². The molecule has 0 radical (unpaired) electrons. The lowest BCUT2D eigenvalue weighted by molar-refractivity contribution is 0.122. The van der Waals surface area contributed by atoms with Crippen molar-refractivity contribution in [2.45, 2.75) is 58.5 Å². The van der Waals surface area contributed by atoms with Crippen molar-refractivity contribution < 1.29 is 4.74 Å². The minimum atomic E-state index is 0.114. The number of anilines is 2. The van der Waals surface area contributed by atoms with Crippen LogP contribution in [0.5, 0.6) is 0 Å². The topological polar surface area (TPSA) is 46.5 Å². The summed E-state index contributed by atoms with van der Waals surface area (Å²) in [6.45, 7) is 8.34. The minimum Gasteiger partial charge on any atom is -0.378 e. The van der Waals surface area contributed by atoms with Gasteiger partial charge in [-0.25, -0.2) is 0 Å². The van der Waals surface area contributed by atoms with Crippen LogP contribution in [0.4, 0.5) is 11.4 Å². The number of nitrogens with zero attached hydrogens (tertiary/aromatic N) is 2. The largest absolute Gasteiger partial charge is 0.378 e. The van der Waals surface area contributed by atoms with Gasteiger partial charge < -0.3 is 19.5 Å². The third-order valence-electron chi connectivity index (χ3n) is 6.76. The molecule has 164 valence electrons. The molecule has 0 spiro atoms.